The van der Waals surface area contributed by atoms with Gasteiger partial charge in [-0.1, -0.05) is 12.1 Å². The highest BCUT2D eigenvalue weighted by Crippen LogP contribution is 2.17. The van der Waals surface area contributed by atoms with E-state index in [1.807, 2.05) is 13.8 Å². The number of sulfone groups is 1. The normalized spacial score (nSPS) is 12.8. The first-order valence-corrected chi connectivity index (χ1v) is 10.0. The number of benzene rings is 1. The zero-order chi connectivity index (χ0) is 17.0. The van der Waals surface area contributed by atoms with Gasteiger partial charge in [-0.25, -0.2) is 13.4 Å². The van der Waals surface area contributed by atoms with Crippen LogP contribution in [0.15, 0.2) is 34.7 Å². The van der Waals surface area contributed by atoms with Crippen LogP contribution in [0.3, 0.4) is 0 Å². The number of rotatable bonds is 6. The second kappa shape index (κ2) is 7.23. The lowest BCUT2D eigenvalue weighted by atomic mass is 10.1. The third kappa shape index (κ3) is 4.87. The maximum Gasteiger partial charge on any atom is 0.220 e. The Balaban J connectivity index is 1.92. The van der Waals surface area contributed by atoms with E-state index in [2.05, 4.69) is 10.3 Å². The summed E-state index contributed by atoms with van der Waals surface area (Å²) in [5, 5.41) is 2.93. The number of carbonyl (C=O) groups is 1. The van der Waals surface area contributed by atoms with Crippen LogP contribution in [-0.4, -0.2) is 25.6 Å². The molecule has 124 valence electrons. The molecular weight excluding hydrogens is 332 g/mol. The van der Waals surface area contributed by atoms with Gasteiger partial charge < -0.3 is 5.32 Å². The molecule has 0 aliphatic heterocycles. The molecule has 0 bridgehead atoms. The van der Waals surface area contributed by atoms with Crippen LogP contribution in [0.4, 0.5) is 0 Å². The van der Waals surface area contributed by atoms with Crippen LogP contribution in [0.1, 0.15) is 35.5 Å². The minimum Gasteiger partial charge on any atom is -0.350 e. The first-order chi connectivity index (χ1) is 10.8. The maximum atomic E-state index is 12.0. The van der Waals surface area contributed by atoms with E-state index in [-0.39, 0.29) is 16.8 Å². The van der Waals surface area contributed by atoms with Crippen molar-refractivity contribution in [1.82, 2.24) is 10.3 Å². The van der Waals surface area contributed by atoms with Crippen LogP contribution in [0, 0.1) is 6.92 Å². The average molecular weight is 352 g/mol. The third-order valence-electron chi connectivity index (χ3n) is 3.61. The molecule has 0 saturated heterocycles. The highest BCUT2D eigenvalue weighted by Gasteiger charge is 2.12. The van der Waals surface area contributed by atoms with Crippen molar-refractivity contribution >= 4 is 27.1 Å². The molecule has 1 N–H and O–H groups in total. The molecule has 0 spiro atoms. The van der Waals surface area contributed by atoms with Crippen molar-refractivity contribution in [1.29, 1.82) is 0 Å². The Hall–Kier alpha value is -1.73. The van der Waals surface area contributed by atoms with Crippen LogP contribution in [0.5, 0.6) is 0 Å². The van der Waals surface area contributed by atoms with Gasteiger partial charge in [0.15, 0.2) is 9.84 Å². The first kappa shape index (κ1) is 17.6. The third-order valence-corrected chi connectivity index (χ3v) is 5.73. The number of aryl methyl sites for hydroxylation is 2. The van der Waals surface area contributed by atoms with E-state index in [4.69, 9.17) is 0 Å². The van der Waals surface area contributed by atoms with Crippen LogP contribution in [-0.2, 0) is 21.1 Å². The summed E-state index contributed by atoms with van der Waals surface area (Å²) in [5.41, 5.74) is 3.64. The van der Waals surface area contributed by atoms with Crippen molar-refractivity contribution in [2.45, 2.75) is 37.6 Å². The highest BCUT2D eigenvalue weighted by atomic mass is 32.2. The molecule has 0 radical (unpaired) electrons. The number of hydrogen-bond donors (Lipinski definition) is 1. The zero-order valence-electron chi connectivity index (χ0n) is 13.4. The Kier molecular flexibility index (Phi) is 5.54. The molecule has 0 aliphatic carbocycles. The summed E-state index contributed by atoms with van der Waals surface area (Å²) in [6.07, 6.45) is 2.27. The molecule has 23 heavy (non-hydrogen) atoms. The molecule has 7 heteroatoms. The van der Waals surface area contributed by atoms with Gasteiger partial charge in [0.05, 0.1) is 22.1 Å². The van der Waals surface area contributed by atoms with E-state index in [1.54, 1.807) is 41.1 Å². The van der Waals surface area contributed by atoms with Crippen molar-refractivity contribution < 1.29 is 13.2 Å². The molecule has 1 amide bonds. The number of thiazole rings is 1. The molecule has 1 aromatic heterocycles. The van der Waals surface area contributed by atoms with Gasteiger partial charge >= 0.3 is 0 Å². The van der Waals surface area contributed by atoms with Crippen LogP contribution in [0.25, 0.3) is 0 Å². The van der Waals surface area contributed by atoms with Gasteiger partial charge in [-0.3, -0.25) is 4.79 Å². The molecule has 0 aliphatic rings. The molecule has 5 nitrogen and oxygen atoms in total. The van der Waals surface area contributed by atoms with E-state index >= 15 is 0 Å². The maximum absolute atomic E-state index is 12.0. The molecule has 0 fully saturated rings. The van der Waals surface area contributed by atoms with Crippen LogP contribution in [0.2, 0.25) is 0 Å². The molecular formula is C16H20N2O3S2. The second-order valence-electron chi connectivity index (χ2n) is 5.49. The van der Waals surface area contributed by atoms with Gasteiger partial charge in [-0.15, -0.1) is 11.3 Å². The van der Waals surface area contributed by atoms with Crippen molar-refractivity contribution in [3.8, 4) is 0 Å². The second-order valence-corrected chi connectivity index (χ2v) is 8.45. The summed E-state index contributed by atoms with van der Waals surface area (Å²) in [6.45, 7) is 3.82. The first-order valence-electron chi connectivity index (χ1n) is 7.25. The monoisotopic (exact) mass is 352 g/mol. The highest BCUT2D eigenvalue weighted by molar-refractivity contribution is 7.90. The summed E-state index contributed by atoms with van der Waals surface area (Å²) in [6, 6.07) is 6.42. The number of nitrogens with zero attached hydrogens (tertiary/aromatic N) is 1. The molecule has 0 saturated carbocycles. The molecule has 1 aromatic carbocycles. The Morgan fingerprint density at radius 3 is 2.48 bits per heavy atom. The lowest BCUT2D eigenvalue weighted by molar-refractivity contribution is -0.121. The summed E-state index contributed by atoms with van der Waals surface area (Å²) in [5.74, 6) is -0.0301. The Bertz CT molecular complexity index is 780. The summed E-state index contributed by atoms with van der Waals surface area (Å²) in [4.78, 5) is 17.6. The Morgan fingerprint density at radius 2 is 1.96 bits per heavy atom. The minimum absolute atomic E-state index is 0.0301. The van der Waals surface area contributed by atoms with Crippen LogP contribution < -0.4 is 5.32 Å². The molecule has 1 heterocycles. The van der Waals surface area contributed by atoms with Crippen molar-refractivity contribution in [3.63, 3.8) is 0 Å². The number of carbonyl (C=O) groups excluding carboxylic acids is 1. The largest absolute Gasteiger partial charge is 0.350 e. The summed E-state index contributed by atoms with van der Waals surface area (Å²) >= 11 is 1.56. The fraction of sp³-hybridized carbons (Fsp3) is 0.375. The molecule has 1 unspecified atom stereocenters. The van der Waals surface area contributed by atoms with E-state index in [0.717, 1.165) is 16.1 Å². The van der Waals surface area contributed by atoms with Gasteiger partial charge in [0.25, 0.3) is 0 Å². The fourth-order valence-electron chi connectivity index (χ4n) is 2.19. The number of nitrogens with one attached hydrogen (secondary N) is 1. The van der Waals surface area contributed by atoms with E-state index < -0.39 is 9.84 Å². The molecule has 2 aromatic rings. The number of hydrogen-bond acceptors (Lipinski definition) is 5. The van der Waals surface area contributed by atoms with E-state index in [1.165, 1.54) is 6.26 Å². The predicted molar refractivity (Wildman–Crippen MR) is 91.3 cm³/mol. The smallest absolute Gasteiger partial charge is 0.220 e. The summed E-state index contributed by atoms with van der Waals surface area (Å²) in [7, 11) is -3.20. The van der Waals surface area contributed by atoms with Crippen molar-refractivity contribution in [2.75, 3.05) is 6.26 Å². The Labute approximate surface area is 140 Å². The standard InChI is InChI=1S/C16H20N2O3S2/c1-11(13-4-6-14(7-5-13)23(3,20)21)18-16(19)9-8-15-12(2)17-10-22-15/h4-7,10-11H,8-9H2,1-3H3,(H,18,19). The van der Waals surface area contributed by atoms with Crippen molar-refractivity contribution in [3.05, 3.63) is 45.9 Å². The predicted octanol–water partition coefficient (Wildman–Crippen LogP) is 2.67. The summed E-state index contributed by atoms with van der Waals surface area (Å²) < 4.78 is 22.9. The zero-order valence-corrected chi connectivity index (χ0v) is 15.0. The lowest BCUT2D eigenvalue weighted by Crippen LogP contribution is -2.26. The van der Waals surface area contributed by atoms with Crippen LogP contribution >= 0.6 is 11.3 Å². The van der Waals surface area contributed by atoms with Gasteiger partial charge in [-0.05, 0) is 38.0 Å². The lowest BCUT2D eigenvalue weighted by Gasteiger charge is -2.14. The number of amides is 1. The van der Waals surface area contributed by atoms with Gasteiger partial charge in [0, 0.05) is 17.6 Å². The SMILES string of the molecule is Cc1ncsc1CCC(=O)NC(C)c1ccc(S(C)(=O)=O)cc1. The minimum atomic E-state index is -3.20. The molecule has 1 atom stereocenters. The fourth-order valence-corrected chi connectivity index (χ4v) is 3.61. The van der Waals surface area contributed by atoms with Gasteiger partial charge in [-0.2, -0.15) is 0 Å². The van der Waals surface area contributed by atoms with E-state index in [9.17, 15) is 13.2 Å². The Morgan fingerprint density at radius 1 is 1.30 bits per heavy atom. The van der Waals surface area contributed by atoms with Gasteiger partial charge in [0.1, 0.15) is 0 Å². The van der Waals surface area contributed by atoms with Gasteiger partial charge in [0.2, 0.25) is 5.91 Å². The number of aromatic nitrogens is 1. The average Bonchev–Trinajstić information content (AvgIpc) is 2.89. The topological polar surface area (TPSA) is 76.1 Å². The van der Waals surface area contributed by atoms with Crippen molar-refractivity contribution in [2.24, 2.45) is 0 Å². The molecule has 2 rings (SSSR count). The van der Waals surface area contributed by atoms with E-state index in [0.29, 0.717) is 12.8 Å². The quantitative estimate of drug-likeness (QED) is 0.867.